The monoisotopic (exact) mass is 199 g/mol. The van der Waals surface area contributed by atoms with Crippen LogP contribution in [0.4, 0.5) is 0 Å². The highest BCUT2D eigenvalue weighted by Gasteiger charge is 2.24. The number of nitrogens with two attached hydrogens (primary N) is 1. The van der Waals surface area contributed by atoms with Crippen molar-refractivity contribution in [2.75, 3.05) is 13.7 Å². The van der Waals surface area contributed by atoms with E-state index in [2.05, 4.69) is 0 Å². The molecule has 0 spiro atoms. The van der Waals surface area contributed by atoms with Crippen LogP contribution >= 0.6 is 11.6 Å². The Morgan fingerprint density at radius 1 is 1.62 bits per heavy atom. The van der Waals surface area contributed by atoms with Crippen molar-refractivity contribution >= 4 is 11.6 Å². The molecule has 1 aliphatic rings. The second-order valence-electron chi connectivity index (χ2n) is 2.94. The summed E-state index contributed by atoms with van der Waals surface area (Å²) in [5.74, 6) is 1.43. The van der Waals surface area contributed by atoms with Gasteiger partial charge in [-0.1, -0.05) is 11.6 Å². The lowest BCUT2D eigenvalue weighted by molar-refractivity contribution is 0.331. The number of hydrogen-bond acceptors (Lipinski definition) is 3. The summed E-state index contributed by atoms with van der Waals surface area (Å²) in [6.07, 6.45) is 0. The second kappa shape index (κ2) is 3.09. The molecule has 1 aromatic carbocycles. The summed E-state index contributed by atoms with van der Waals surface area (Å²) < 4.78 is 10.4. The largest absolute Gasteiger partial charge is 0.497 e. The Labute approximate surface area is 81.4 Å². The second-order valence-corrected chi connectivity index (χ2v) is 3.35. The van der Waals surface area contributed by atoms with Crippen molar-refractivity contribution < 1.29 is 9.47 Å². The first kappa shape index (κ1) is 8.66. The van der Waals surface area contributed by atoms with Crippen molar-refractivity contribution in [2.24, 2.45) is 5.73 Å². The molecule has 2 rings (SSSR count). The first-order valence-corrected chi connectivity index (χ1v) is 4.36. The summed E-state index contributed by atoms with van der Waals surface area (Å²) in [4.78, 5) is 0. The van der Waals surface area contributed by atoms with Crippen LogP contribution in [0.25, 0.3) is 0 Å². The first-order chi connectivity index (χ1) is 6.22. The minimum atomic E-state index is -0.117. The molecule has 0 saturated heterocycles. The van der Waals surface area contributed by atoms with Gasteiger partial charge in [0, 0.05) is 11.6 Å². The van der Waals surface area contributed by atoms with Crippen LogP contribution in [0.15, 0.2) is 12.1 Å². The maximum atomic E-state index is 6.01. The molecule has 1 unspecified atom stereocenters. The fourth-order valence-electron chi connectivity index (χ4n) is 1.43. The number of benzene rings is 1. The highest BCUT2D eigenvalue weighted by atomic mass is 35.5. The molecule has 0 bridgehead atoms. The van der Waals surface area contributed by atoms with E-state index < -0.39 is 0 Å². The Kier molecular flexibility index (Phi) is 2.06. The van der Waals surface area contributed by atoms with Crippen molar-refractivity contribution in [3.05, 3.63) is 22.7 Å². The number of hydrogen-bond donors (Lipinski definition) is 1. The van der Waals surface area contributed by atoms with E-state index in [0.717, 1.165) is 11.3 Å². The van der Waals surface area contributed by atoms with Crippen LogP contribution in [0, 0.1) is 0 Å². The summed E-state index contributed by atoms with van der Waals surface area (Å²) in [6.45, 7) is 0.488. The van der Waals surface area contributed by atoms with Gasteiger partial charge in [-0.2, -0.15) is 0 Å². The van der Waals surface area contributed by atoms with Crippen LogP contribution in [0.1, 0.15) is 11.6 Å². The number of ether oxygens (including phenoxy) is 2. The van der Waals surface area contributed by atoms with E-state index in [-0.39, 0.29) is 6.04 Å². The van der Waals surface area contributed by atoms with Gasteiger partial charge >= 0.3 is 0 Å². The third kappa shape index (κ3) is 1.34. The number of halogens is 1. The lowest BCUT2D eigenvalue weighted by Crippen LogP contribution is -2.11. The minimum absolute atomic E-state index is 0.117. The number of rotatable bonds is 1. The molecule has 0 fully saturated rings. The summed E-state index contributed by atoms with van der Waals surface area (Å²) in [6, 6.07) is 3.43. The van der Waals surface area contributed by atoms with Crippen molar-refractivity contribution in [2.45, 2.75) is 6.04 Å². The van der Waals surface area contributed by atoms with Gasteiger partial charge in [0.05, 0.1) is 18.2 Å². The number of fused-ring (bicyclic) bond motifs is 1. The minimum Gasteiger partial charge on any atom is -0.497 e. The molecule has 1 heterocycles. The number of methoxy groups -OCH3 is 1. The molecule has 1 aromatic rings. The summed E-state index contributed by atoms with van der Waals surface area (Å²) >= 11 is 6.01. The molecule has 70 valence electrons. The Morgan fingerprint density at radius 3 is 3.08 bits per heavy atom. The molecule has 0 amide bonds. The molecular formula is C9H10ClNO2. The van der Waals surface area contributed by atoms with Crippen LogP contribution < -0.4 is 15.2 Å². The lowest BCUT2D eigenvalue weighted by atomic mass is 10.1. The maximum Gasteiger partial charge on any atom is 0.129 e. The van der Waals surface area contributed by atoms with Crippen molar-refractivity contribution in [3.63, 3.8) is 0 Å². The Bertz CT molecular complexity index is 341. The molecule has 1 atom stereocenters. The zero-order valence-corrected chi connectivity index (χ0v) is 7.97. The molecule has 0 aromatic heterocycles. The zero-order valence-electron chi connectivity index (χ0n) is 7.21. The third-order valence-electron chi connectivity index (χ3n) is 2.09. The summed E-state index contributed by atoms with van der Waals surface area (Å²) in [5, 5.41) is 0.611. The van der Waals surface area contributed by atoms with Crippen LogP contribution in [0.5, 0.6) is 11.5 Å². The van der Waals surface area contributed by atoms with Crippen LogP contribution in [0.3, 0.4) is 0 Å². The van der Waals surface area contributed by atoms with Gasteiger partial charge in [0.2, 0.25) is 0 Å². The molecular weight excluding hydrogens is 190 g/mol. The topological polar surface area (TPSA) is 44.5 Å². The highest BCUT2D eigenvalue weighted by Crippen LogP contribution is 2.39. The predicted octanol–water partition coefficient (Wildman–Crippen LogP) is 1.74. The van der Waals surface area contributed by atoms with E-state index in [4.69, 9.17) is 26.8 Å². The molecule has 3 nitrogen and oxygen atoms in total. The average Bonchev–Trinajstić information content (AvgIpc) is 2.48. The van der Waals surface area contributed by atoms with Gasteiger partial charge in [0.1, 0.15) is 18.1 Å². The summed E-state index contributed by atoms with van der Waals surface area (Å²) in [5.41, 5.74) is 6.67. The van der Waals surface area contributed by atoms with E-state index in [0.29, 0.717) is 17.4 Å². The Balaban J connectivity index is 2.53. The van der Waals surface area contributed by atoms with Crippen LogP contribution in [-0.4, -0.2) is 13.7 Å². The normalized spacial score (nSPS) is 19.5. The molecule has 4 heteroatoms. The molecule has 2 N–H and O–H groups in total. The predicted molar refractivity (Wildman–Crippen MR) is 50.4 cm³/mol. The van der Waals surface area contributed by atoms with Gasteiger partial charge in [-0.25, -0.2) is 0 Å². The van der Waals surface area contributed by atoms with Crippen molar-refractivity contribution in [1.29, 1.82) is 0 Å². The Morgan fingerprint density at radius 2 is 2.38 bits per heavy atom. The zero-order chi connectivity index (χ0) is 9.42. The van der Waals surface area contributed by atoms with Gasteiger partial charge in [-0.15, -0.1) is 0 Å². The van der Waals surface area contributed by atoms with Crippen LogP contribution in [0.2, 0.25) is 5.02 Å². The highest BCUT2D eigenvalue weighted by molar-refractivity contribution is 6.31. The van der Waals surface area contributed by atoms with Gasteiger partial charge in [-0.05, 0) is 6.07 Å². The van der Waals surface area contributed by atoms with E-state index in [9.17, 15) is 0 Å². The summed E-state index contributed by atoms with van der Waals surface area (Å²) in [7, 11) is 1.59. The smallest absolute Gasteiger partial charge is 0.129 e. The maximum absolute atomic E-state index is 6.01. The fourth-order valence-corrected chi connectivity index (χ4v) is 1.77. The molecule has 0 saturated carbocycles. The fraction of sp³-hybridized carbons (Fsp3) is 0.333. The molecule has 0 radical (unpaired) electrons. The quantitative estimate of drug-likeness (QED) is 0.750. The molecule has 13 heavy (non-hydrogen) atoms. The van der Waals surface area contributed by atoms with E-state index >= 15 is 0 Å². The standard InChI is InChI=1S/C9H10ClNO2/c1-12-5-2-6(10)9-7(11)4-13-8(9)3-5/h2-3,7H,4,11H2,1H3. The third-order valence-corrected chi connectivity index (χ3v) is 2.40. The van der Waals surface area contributed by atoms with E-state index in [1.807, 2.05) is 0 Å². The average molecular weight is 200 g/mol. The molecule has 1 aliphatic heterocycles. The van der Waals surface area contributed by atoms with Gasteiger partial charge < -0.3 is 15.2 Å². The SMILES string of the molecule is COc1cc(Cl)c2c(c1)OCC2N. The van der Waals surface area contributed by atoms with Gasteiger partial charge in [0.25, 0.3) is 0 Å². The molecule has 0 aliphatic carbocycles. The Hall–Kier alpha value is -0.930. The van der Waals surface area contributed by atoms with Crippen molar-refractivity contribution in [1.82, 2.24) is 0 Å². The van der Waals surface area contributed by atoms with Gasteiger partial charge in [0.15, 0.2) is 0 Å². The first-order valence-electron chi connectivity index (χ1n) is 3.98. The lowest BCUT2D eigenvalue weighted by Gasteiger charge is -2.06. The van der Waals surface area contributed by atoms with E-state index in [1.165, 1.54) is 0 Å². The van der Waals surface area contributed by atoms with Gasteiger partial charge in [-0.3, -0.25) is 0 Å². The van der Waals surface area contributed by atoms with E-state index in [1.54, 1.807) is 19.2 Å². The van der Waals surface area contributed by atoms with Crippen LogP contribution in [-0.2, 0) is 0 Å². The van der Waals surface area contributed by atoms with Crippen molar-refractivity contribution in [3.8, 4) is 11.5 Å².